The van der Waals surface area contributed by atoms with Gasteiger partial charge in [-0.25, -0.2) is 4.98 Å². The van der Waals surface area contributed by atoms with Crippen molar-refractivity contribution in [2.75, 3.05) is 26.4 Å². The Kier molecular flexibility index (Phi) is 9.88. The van der Waals surface area contributed by atoms with Gasteiger partial charge in [0.1, 0.15) is 12.0 Å². The number of hydrogen-bond acceptors (Lipinski definition) is 10. The number of hydrogen-bond donors (Lipinski definition) is 2. The first-order valence-corrected chi connectivity index (χ1v) is 15.3. The first kappa shape index (κ1) is 30.1. The number of aryl methyl sites for hydroxylation is 1. The molecule has 2 fully saturated rings. The number of benzene rings is 1. The highest BCUT2D eigenvalue weighted by molar-refractivity contribution is 7.13. The Morgan fingerprint density at radius 1 is 1.21 bits per heavy atom. The molecule has 3 aromatic rings. The van der Waals surface area contributed by atoms with Gasteiger partial charge in [0, 0.05) is 32.0 Å². The number of nitrogens with one attached hydrogen (secondary N) is 1. The molecule has 2 aliphatic rings. The fraction of sp³-hybridized carbons (Fsp3) is 0.533. The number of nitrogens with zero attached hydrogens (tertiary/aromatic N) is 3. The standard InChI is InChI=1S/C30H38N4O7S/c1-18(2)27(24-14-25(33-41-24)38-10-4-5-26-39-11-12-40-26)30(37)34-16-22(35)13-23(34)29(36)31-15-20-6-8-21(9-7-20)28-19(3)32-17-42-28/h6-9,14,17-18,22-23,26-27,35H,4-5,10-13,15-16H2,1-3H3,(H,31,36)/t22-,23+,27?/m1/s1. The minimum atomic E-state index is -0.791. The highest BCUT2D eigenvalue weighted by Gasteiger charge is 2.43. The van der Waals surface area contributed by atoms with Crippen LogP contribution < -0.4 is 10.1 Å². The van der Waals surface area contributed by atoms with Crippen molar-refractivity contribution < 1.29 is 33.4 Å². The van der Waals surface area contributed by atoms with Crippen molar-refractivity contribution in [3.8, 4) is 16.3 Å². The van der Waals surface area contributed by atoms with Crippen molar-refractivity contribution in [2.24, 2.45) is 5.92 Å². The molecule has 0 radical (unpaired) electrons. The molecule has 2 aliphatic heterocycles. The highest BCUT2D eigenvalue weighted by Crippen LogP contribution is 2.32. The van der Waals surface area contributed by atoms with E-state index in [0.29, 0.717) is 38.0 Å². The number of amides is 2. The van der Waals surface area contributed by atoms with Gasteiger partial charge in [-0.15, -0.1) is 11.3 Å². The van der Waals surface area contributed by atoms with Crippen LogP contribution in [0, 0.1) is 12.8 Å². The number of carbonyl (C=O) groups is 2. The second kappa shape index (κ2) is 13.8. The van der Waals surface area contributed by atoms with Crippen molar-refractivity contribution in [2.45, 2.75) is 70.9 Å². The summed E-state index contributed by atoms with van der Waals surface area (Å²) in [7, 11) is 0. The van der Waals surface area contributed by atoms with E-state index >= 15 is 0 Å². The zero-order chi connectivity index (χ0) is 29.6. The van der Waals surface area contributed by atoms with E-state index in [9.17, 15) is 14.7 Å². The van der Waals surface area contributed by atoms with E-state index in [1.165, 1.54) is 4.90 Å². The van der Waals surface area contributed by atoms with Gasteiger partial charge in [0.05, 0.1) is 42.0 Å². The van der Waals surface area contributed by atoms with E-state index in [1.807, 2.05) is 50.5 Å². The van der Waals surface area contributed by atoms with Crippen LogP contribution >= 0.6 is 11.3 Å². The molecular formula is C30H38N4O7S. The van der Waals surface area contributed by atoms with E-state index < -0.39 is 18.1 Å². The Bertz CT molecular complexity index is 1340. The zero-order valence-corrected chi connectivity index (χ0v) is 25.0. The lowest BCUT2D eigenvalue weighted by atomic mass is 9.91. The van der Waals surface area contributed by atoms with Crippen molar-refractivity contribution in [1.82, 2.24) is 20.4 Å². The summed E-state index contributed by atoms with van der Waals surface area (Å²) in [6, 6.07) is 8.80. The number of thiazole rings is 1. The van der Waals surface area contributed by atoms with E-state index in [1.54, 1.807) is 17.4 Å². The van der Waals surface area contributed by atoms with E-state index in [-0.39, 0.29) is 37.0 Å². The number of aliphatic hydroxyl groups excluding tert-OH is 1. The molecule has 1 aromatic carbocycles. The molecule has 0 bridgehead atoms. The average molecular weight is 599 g/mol. The summed E-state index contributed by atoms with van der Waals surface area (Å²) in [5.41, 5.74) is 4.82. The lowest BCUT2D eigenvalue weighted by Gasteiger charge is -2.28. The zero-order valence-electron chi connectivity index (χ0n) is 24.2. The molecule has 0 saturated carbocycles. The van der Waals surface area contributed by atoms with Crippen LogP contribution in [-0.4, -0.2) is 76.8 Å². The van der Waals surface area contributed by atoms with Crippen molar-refractivity contribution >= 4 is 23.2 Å². The summed E-state index contributed by atoms with van der Waals surface area (Å²) in [5.74, 6) is -0.755. The quantitative estimate of drug-likeness (QED) is 0.299. The third-order valence-corrected chi connectivity index (χ3v) is 8.54. The summed E-state index contributed by atoms with van der Waals surface area (Å²) in [6.07, 6.45) is 0.629. The van der Waals surface area contributed by atoms with Crippen LogP contribution in [0.1, 0.15) is 56.0 Å². The Balaban J connectivity index is 1.18. The number of aliphatic hydroxyl groups is 1. The minimum Gasteiger partial charge on any atom is -0.476 e. The molecule has 2 amide bonds. The van der Waals surface area contributed by atoms with Gasteiger partial charge < -0.3 is 34.1 Å². The molecule has 1 unspecified atom stereocenters. The average Bonchev–Trinajstić information content (AvgIpc) is 3.79. The molecule has 0 spiro atoms. The molecule has 42 heavy (non-hydrogen) atoms. The highest BCUT2D eigenvalue weighted by atomic mass is 32.1. The molecule has 11 nitrogen and oxygen atoms in total. The maximum atomic E-state index is 13.8. The molecule has 0 aliphatic carbocycles. The molecule has 3 atom stereocenters. The number of likely N-dealkylation sites (tertiary alicyclic amines) is 1. The number of carbonyl (C=O) groups excluding carboxylic acids is 2. The molecule has 226 valence electrons. The summed E-state index contributed by atoms with van der Waals surface area (Å²) in [6.45, 7) is 7.81. The summed E-state index contributed by atoms with van der Waals surface area (Å²) in [4.78, 5) is 33.9. The van der Waals surface area contributed by atoms with Gasteiger partial charge >= 0.3 is 0 Å². The third kappa shape index (κ3) is 7.17. The van der Waals surface area contributed by atoms with Gasteiger partial charge in [0.15, 0.2) is 12.1 Å². The molecule has 2 aromatic heterocycles. The van der Waals surface area contributed by atoms with E-state index in [4.69, 9.17) is 18.7 Å². The Morgan fingerprint density at radius 2 is 1.98 bits per heavy atom. The van der Waals surface area contributed by atoms with Gasteiger partial charge in [0.2, 0.25) is 11.8 Å². The molecule has 4 heterocycles. The predicted octanol–water partition coefficient (Wildman–Crippen LogP) is 3.66. The van der Waals surface area contributed by atoms with Crippen molar-refractivity contribution in [1.29, 1.82) is 0 Å². The monoisotopic (exact) mass is 598 g/mol. The third-order valence-electron chi connectivity index (χ3n) is 7.56. The second-order valence-electron chi connectivity index (χ2n) is 11.0. The Hall–Kier alpha value is -3.32. The maximum Gasteiger partial charge on any atom is 0.254 e. The Morgan fingerprint density at radius 3 is 2.67 bits per heavy atom. The van der Waals surface area contributed by atoms with Crippen LogP contribution in [0.2, 0.25) is 0 Å². The SMILES string of the molecule is Cc1ncsc1-c1ccc(CNC(=O)[C@@H]2C[C@@H](O)CN2C(=O)C(c2cc(OCCCC3OCCO3)no2)C(C)C)cc1. The minimum absolute atomic E-state index is 0.0752. The van der Waals surface area contributed by atoms with Crippen molar-refractivity contribution in [3.05, 3.63) is 52.9 Å². The number of aromatic nitrogens is 2. The number of ether oxygens (including phenoxy) is 3. The number of β-amino-alcohol motifs (C(OH)–C–C–N with tert-alkyl or cyclic N) is 1. The Labute approximate surface area is 249 Å². The topological polar surface area (TPSA) is 136 Å². The van der Waals surface area contributed by atoms with Crippen LogP contribution in [-0.2, 0) is 25.6 Å². The van der Waals surface area contributed by atoms with Crippen LogP contribution in [0.3, 0.4) is 0 Å². The summed E-state index contributed by atoms with van der Waals surface area (Å²) in [5, 5.41) is 17.4. The lowest BCUT2D eigenvalue weighted by molar-refractivity contribution is -0.141. The van der Waals surface area contributed by atoms with Gasteiger partial charge in [-0.2, -0.15) is 0 Å². The van der Waals surface area contributed by atoms with E-state index in [0.717, 1.165) is 34.5 Å². The molecule has 2 N–H and O–H groups in total. The predicted molar refractivity (Wildman–Crippen MR) is 155 cm³/mol. The van der Waals surface area contributed by atoms with Crippen molar-refractivity contribution in [3.63, 3.8) is 0 Å². The van der Waals surface area contributed by atoms with Gasteiger partial charge in [0.25, 0.3) is 5.88 Å². The largest absolute Gasteiger partial charge is 0.476 e. The summed E-state index contributed by atoms with van der Waals surface area (Å²) >= 11 is 1.59. The fourth-order valence-electron chi connectivity index (χ4n) is 5.37. The molecule has 2 saturated heterocycles. The molecular weight excluding hydrogens is 560 g/mol. The van der Waals surface area contributed by atoms with Crippen LogP contribution in [0.25, 0.3) is 10.4 Å². The van der Waals surface area contributed by atoms with E-state index in [2.05, 4.69) is 15.5 Å². The summed E-state index contributed by atoms with van der Waals surface area (Å²) < 4.78 is 22.1. The lowest BCUT2D eigenvalue weighted by Crippen LogP contribution is -2.48. The van der Waals surface area contributed by atoms with Gasteiger partial charge in [-0.05, 0) is 35.5 Å². The first-order chi connectivity index (χ1) is 20.3. The van der Waals surface area contributed by atoms with Crippen LogP contribution in [0.5, 0.6) is 5.88 Å². The van der Waals surface area contributed by atoms with Crippen LogP contribution in [0.4, 0.5) is 0 Å². The number of rotatable bonds is 12. The second-order valence-corrected chi connectivity index (χ2v) is 11.9. The fourth-order valence-corrected chi connectivity index (χ4v) is 6.18. The maximum absolute atomic E-state index is 13.8. The first-order valence-electron chi connectivity index (χ1n) is 14.4. The molecule has 5 rings (SSSR count). The van der Waals surface area contributed by atoms with Gasteiger partial charge in [-0.3, -0.25) is 9.59 Å². The van der Waals surface area contributed by atoms with Gasteiger partial charge in [-0.1, -0.05) is 38.1 Å². The van der Waals surface area contributed by atoms with Crippen LogP contribution in [0.15, 0.2) is 40.4 Å². The molecule has 12 heteroatoms. The normalized spacial score (nSPS) is 19.9. The smallest absolute Gasteiger partial charge is 0.254 e.